The molecule has 0 atom stereocenters. The molecule has 0 aliphatic heterocycles. The molecule has 5 nitrogen and oxygen atoms in total. The van der Waals surface area contributed by atoms with E-state index in [1.54, 1.807) is 18.4 Å². The molecular weight excluding hydrogens is 310 g/mol. The lowest BCUT2D eigenvalue weighted by Crippen LogP contribution is -2.30. The van der Waals surface area contributed by atoms with Gasteiger partial charge in [-0.05, 0) is 43.0 Å². The summed E-state index contributed by atoms with van der Waals surface area (Å²) < 4.78 is 26.3. The predicted octanol–water partition coefficient (Wildman–Crippen LogP) is 2.38. The van der Waals surface area contributed by atoms with Crippen LogP contribution in [-0.4, -0.2) is 20.1 Å². The first-order chi connectivity index (χ1) is 9.81. The quantitative estimate of drug-likeness (QED) is 0.876. The standard InChI is InChI=1S/C14H13NO4S2/c1-9-7-8-20-13(9)14(17)15-21(18,19)12-5-3-11(4-6-12)10(2)16/h3-8H,1-2H3,(H,15,17). The van der Waals surface area contributed by atoms with Gasteiger partial charge in [0.2, 0.25) is 0 Å². The minimum Gasteiger partial charge on any atom is -0.295 e. The van der Waals surface area contributed by atoms with Crippen molar-refractivity contribution < 1.29 is 18.0 Å². The molecule has 0 bridgehead atoms. The number of carbonyl (C=O) groups is 2. The highest BCUT2D eigenvalue weighted by Gasteiger charge is 2.20. The number of hydrogen-bond acceptors (Lipinski definition) is 5. The number of aryl methyl sites for hydroxylation is 1. The Kier molecular flexibility index (Phi) is 4.24. The van der Waals surface area contributed by atoms with Gasteiger partial charge in [-0.15, -0.1) is 11.3 Å². The molecular formula is C14H13NO4S2. The van der Waals surface area contributed by atoms with E-state index in [0.717, 1.165) is 5.56 Å². The van der Waals surface area contributed by atoms with Crippen LogP contribution in [0.5, 0.6) is 0 Å². The van der Waals surface area contributed by atoms with Crippen LogP contribution in [0.2, 0.25) is 0 Å². The van der Waals surface area contributed by atoms with Gasteiger partial charge in [-0.25, -0.2) is 13.1 Å². The Balaban J connectivity index is 2.24. The van der Waals surface area contributed by atoms with E-state index in [1.165, 1.54) is 42.5 Å². The summed E-state index contributed by atoms with van der Waals surface area (Å²) in [4.78, 5) is 23.4. The van der Waals surface area contributed by atoms with Crippen LogP contribution in [0.3, 0.4) is 0 Å². The van der Waals surface area contributed by atoms with E-state index in [9.17, 15) is 18.0 Å². The van der Waals surface area contributed by atoms with E-state index >= 15 is 0 Å². The summed E-state index contributed by atoms with van der Waals surface area (Å²) in [5, 5.41) is 1.72. The summed E-state index contributed by atoms with van der Waals surface area (Å²) in [5.41, 5.74) is 1.13. The van der Waals surface area contributed by atoms with Gasteiger partial charge in [-0.3, -0.25) is 9.59 Å². The molecule has 2 aromatic rings. The molecule has 0 saturated heterocycles. The molecule has 2 rings (SSSR count). The molecule has 0 aliphatic carbocycles. The molecule has 0 unspecified atom stereocenters. The zero-order chi connectivity index (χ0) is 15.6. The van der Waals surface area contributed by atoms with E-state index in [2.05, 4.69) is 0 Å². The minimum atomic E-state index is -3.95. The number of amides is 1. The van der Waals surface area contributed by atoms with Gasteiger partial charge in [0.25, 0.3) is 15.9 Å². The van der Waals surface area contributed by atoms with Gasteiger partial charge in [0, 0.05) is 5.56 Å². The van der Waals surface area contributed by atoms with E-state index in [4.69, 9.17) is 0 Å². The molecule has 21 heavy (non-hydrogen) atoms. The van der Waals surface area contributed by atoms with Crippen molar-refractivity contribution in [2.75, 3.05) is 0 Å². The predicted molar refractivity (Wildman–Crippen MR) is 80.2 cm³/mol. The summed E-state index contributed by atoms with van der Waals surface area (Å²) in [5.74, 6) is -0.810. The van der Waals surface area contributed by atoms with Crippen LogP contribution in [0.15, 0.2) is 40.6 Å². The second-order valence-electron chi connectivity index (χ2n) is 4.45. The van der Waals surface area contributed by atoms with Crippen LogP contribution in [0.1, 0.15) is 32.5 Å². The summed E-state index contributed by atoms with van der Waals surface area (Å²) in [6, 6.07) is 7.17. The number of carbonyl (C=O) groups excluding carboxylic acids is 2. The molecule has 1 aromatic carbocycles. The zero-order valence-electron chi connectivity index (χ0n) is 11.4. The lowest BCUT2D eigenvalue weighted by atomic mass is 10.2. The normalized spacial score (nSPS) is 11.1. The molecule has 0 aliphatic rings. The Morgan fingerprint density at radius 2 is 1.71 bits per heavy atom. The van der Waals surface area contributed by atoms with Crippen molar-refractivity contribution >= 4 is 33.1 Å². The number of rotatable bonds is 4. The van der Waals surface area contributed by atoms with Crippen LogP contribution < -0.4 is 4.72 Å². The van der Waals surface area contributed by atoms with Gasteiger partial charge >= 0.3 is 0 Å². The van der Waals surface area contributed by atoms with Crippen molar-refractivity contribution in [2.45, 2.75) is 18.7 Å². The van der Waals surface area contributed by atoms with Crippen molar-refractivity contribution in [1.82, 2.24) is 4.72 Å². The topological polar surface area (TPSA) is 80.3 Å². The van der Waals surface area contributed by atoms with Gasteiger partial charge in [0.05, 0.1) is 9.77 Å². The van der Waals surface area contributed by atoms with Crippen molar-refractivity contribution in [3.63, 3.8) is 0 Å². The van der Waals surface area contributed by atoms with Crippen LogP contribution in [0.25, 0.3) is 0 Å². The maximum atomic E-state index is 12.1. The van der Waals surface area contributed by atoms with Crippen LogP contribution in [0.4, 0.5) is 0 Å². The van der Waals surface area contributed by atoms with Gasteiger partial charge in [0.15, 0.2) is 5.78 Å². The number of sulfonamides is 1. The van der Waals surface area contributed by atoms with Crippen molar-refractivity contribution in [3.05, 3.63) is 51.7 Å². The zero-order valence-corrected chi connectivity index (χ0v) is 13.0. The van der Waals surface area contributed by atoms with Gasteiger partial charge in [-0.1, -0.05) is 12.1 Å². The number of benzene rings is 1. The second kappa shape index (κ2) is 5.79. The SMILES string of the molecule is CC(=O)c1ccc(S(=O)(=O)NC(=O)c2sccc2C)cc1. The molecule has 0 radical (unpaired) electrons. The van der Waals surface area contributed by atoms with Crippen molar-refractivity contribution in [2.24, 2.45) is 0 Å². The van der Waals surface area contributed by atoms with E-state index < -0.39 is 15.9 Å². The lowest BCUT2D eigenvalue weighted by molar-refractivity contribution is 0.0982. The first kappa shape index (κ1) is 15.4. The molecule has 7 heteroatoms. The monoisotopic (exact) mass is 323 g/mol. The largest absolute Gasteiger partial charge is 0.295 e. The second-order valence-corrected chi connectivity index (χ2v) is 7.05. The summed E-state index contributed by atoms with van der Waals surface area (Å²) in [7, 11) is -3.95. The average molecular weight is 323 g/mol. The molecule has 110 valence electrons. The maximum Gasteiger partial charge on any atom is 0.275 e. The molecule has 0 spiro atoms. The average Bonchev–Trinajstić information content (AvgIpc) is 2.84. The van der Waals surface area contributed by atoms with Crippen LogP contribution in [0, 0.1) is 6.92 Å². The molecule has 0 fully saturated rings. The Bertz CT molecular complexity index is 789. The molecule has 1 heterocycles. The number of Topliss-reactive ketones (excluding diaryl/α,β-unsaturated/α-hetero) is 1. The summed E-state index contributed by atoms with van der Waals surface area (Å²) >= 11 is 1.18. The van der Waals surface area contributed by atoms with E-state index in [1.807, 2.05) is 4.72 Å². The molecule has 0 saturated carbocycles. The fourth-order valence-corrected chi connectivity index (χ4v) is 3.54. The van der Waals surface area contributed by atoms with Crippen molar-refractivity contribution in [3.8, 4) is 0 Å². The highest BCUT2D eigenvalue weighted by Crippen LogP contribution is 2.17. The number of thiophene rings is 1. The Morgan fingerprint density at radius 1 is 1.10 bits per heavy atom. The summed E-state index contributed by atoms with van der Waals surface area (Å²) in [6.07, 6.45) is 0. The van der Waals surface area contributed by atoms with Gasteiger partial charge in [-0.2, -0.15) is 0 Å². The third-order valence-corrected chi connectivity index (χ3v) is 5.23. The fraction of sp³-hybridized carbons (Fsp3) is 0.143. The first-order valence-electron chi connectivity index (χ1n) is 6.03. The van der Waals surface area contributed by atoms with E-state index in [0.29, 0.717) is 10.4 Å². The van der Waals surface area contributed by atoms with Gasteiger partial charge < -0.3 is 0 Å². The van der Waals surface area contributed by atoms with Gasteiger partial charge in [0.1, 0.15) is 0 Å². The fourth-order valence-electron chi connectivity index (χ4n) is 1.70. The smallest absolute Gasteiger partial charge is 0.275 e. The lowest BCUT2D eigenvalue weighted by Gasteiger charge is -2.07. The maximum absolute atomic E-state index is 12.1. The highest BCUT2D eigenvalue weighted by atomic mass is 32.2. The Hall–Kier alpha value is -1.99. The number of nitrogens with one attached hydrogen (secondary N) is 1. The molecule has 1 aromatic heterocycles. The third-order valence-electron chi connectivity index (χ3n) is 2.87. The highest BCUT2D eigenvalue weighted by molar-refractivity contribution is 7.90. The van der Waals surface area contributed by atoms with Crippen LogP contribution >= 0.6 is 11.3 Å². The Morgan fingerprint density at radius 3 is 2.19 bits per heavy atom. The summed E-state index contributed by atoms with van der Waals surface area (Å²) in [6.45, 7) is 3.13. The Labute approximate surface area is 126 Å². The number of hydrogen-bond donors (Lipinski definition) is 1. The van der Waals surface area contributed by atoms with Crippen LogP contribution in [-0.2, 0) is 10.0 Å². The third kappa shape index (κ3) is 3.37. The first-order valence-corrected chi connectivity index (χ1v) is 8.40. The molecule has 1 N–H and O–H groups in total. The molecule has 1 amide bonds. The number of ketones is 1. The van der Waals surface area contributed by atoms with Crippen molar-refractivity contribution in [1.29, 1.82) is 0 Å². The minimum absolute atomic E-state index is 0.0601. The van der Waals surface area contributed by atoms with E-state index in [-0.39, 0.29) is 10.7 Å².